The van der Waals surface area contributed by atoms with Crippen LogP contribution in [0.2, 0.25) is 0 Å². The van der Waals surface area contributed by atoms with Gasteiger partial charge < -0.3 is 10.2 Å². The van der Waals surface area contributed by atoms with Gasteiger partial charge in [-0.05, 0) is 51.2 Å². The fourth-order valence-electron chi connectivity index (χ4n) is 3.59. The van der Waals surface area contributed by atoms with Gasteiger partial charge in [0.2, 0.25) is 5.91 Å². The maximum absolute atomic E-state index is 12.1. The highest BCUT2D eigenvalue weighted by atomic mass is 19.4. The molecule has 0 bridgehead atoms. The molecule has 0 unspecified atom stereocenters. The van der Waals surface area contributed by atoms with E-state index >= 15 is 0 Å². The Morgan fingerprint density at radius 2 is 1.65 bits per heavy atom. The minimum atomic E-state index is -4.34. The fourth-order valence-corrected chi connectivity index (χ4v) is 3.59. The van der Waals surface area contributed by atoms with Gasteiger partial charge in [0.15, 0.2) is 0 Å². The number of hydrogen-bond donors (Lipinski definition) is 1. The third-order valence-electron chi connectivity index (χ3n) is 4.67. The molecule has 2 rings (SSSR count). The molecule has 0 aromatic heterocycles. The van der Waals surface area contributed by atoms with E-state index in [0.717, 1.165) is 45.6 Å². The molecule has 0 saturated carbocycles. The van der Waals surface area contributed by atoms with Gasteiger partial charge in [0, 0.05) is 13.1 Å². The van der Waals surface area contributed by atoms with Gasteiger partial charge in [-0.2, -0.15) is 13.2 Å². The highest BCUT2D eigenvalue weighted by molar-refractivity contribution is 5.78. The number of likely N-dealkylation sites (tertiary alicyclic amines) is 2. The van der Waals surface area contributed by atoms with Crippen molar-refractivity contribution in [1.82, 2.24) is 15.1 Å². The largest absolute Gasteiger partial charge is 0.405 e. The van der Waals surface area contributed by atoms with Gasteiger partial charge in [-0.25, -0.2) is 0 Å². The van der Waals surface area contributed by atoms with Crippen molar-refractivity contribution < 1.29 is 18.0 Å². The van der Waals surface area contributed by atoms with Crippen molar-refractivity contribution in [3.8, 4) is 0 Å². The summed E-state index contributed by atoms with van der Waals surface area (Å²) in [5.41, 5.74) is 0. The van der Waals surface area contributed by atoms with Gasteiger partial charge in [0.05, 0.1) is 6.54 Å². The molecule has 0 spiro atoms. The van der Waals surface area contributed by atoms with Gasteiger partial charge in [0.25, 0.3) is 0 Å². The van der Waals surface area contributed by atoms with Crippen molar-refractivity contribution in [1.29, 1.82) is 0 Å². The minimum absolute atomic E-state index is 0.0760. The lowest BCUT2D eigenvalue weighted by Crippen LogP contribution is -2.46. The van der Waals surface area contributed by atoms with Crippen LogP contribution >= 0.6 is 0 Å². The topological polar surface area (TPSA) is 35.6 Å². The Morgan fingerprint density at radius 3 is 2.30 bits per heavy atom. The Hall–Kier alpha value is -0.820. The van der Waals surface area contributed by atoms with Gasteiger partial charge >= 0.3 is 6.18 Å². The summed E-state index contributed by atoms with van der Waals surface area (Å²) >= 11 is 0. The second-order valence-corrected chi connectivity index (χ2v) is 6.85. The molecule has 0 radical (unpaired) electrons. The van der Waals surface area contributed by atoms with Crippen LogP contribution in [0.4, 0.5) is 13.2 Å². The zero-order valence-electron chi connectivity index (χ0n) is 13.7. The first-order chi connectivity index (χ1) is 10.9. The van der Waals surface area contributed by atoms with Crippen molar-refractivity contribution in [3.05, 3.63) is 0 Å². The normalized spacial score (nSPS) is 25.1. The Kier molecular flexibility index (Phi) is 7.14. The Bertz CT molecular complexity index is 368. The number of nitrogens with one attached hydrogen (secondary N) is 1. The zero-order chi connectivity index (χ0) is 16.7. The van der Waals surface area contributed by atoms with Crippen LogP contribution in [-0.4, -0.2) is 67.7 Å². The predicted octanol–water partition coefficient (Wildman–Crippen LogP) is 2.25. The van der Waals surface area contributed by atoms with Gasteiger partial charge in [-0.3, -0.25) is 9.69 Å². The number of amides is 1. The second-order valence-electron chi connectivity index (χ2n) is 6.85. The number of nitrogens with zero attached hydrogens (tertiary/aromatic N) is 2. The molecule has 2 fully saturated rings. The highest BCUT2D eigenvalue weighted by Crippen LogP contribution is 2.19. The maximum atomic E-state index is 12.1. The number of hydrogen-bond acceptors (Lipinski definition) is 3. The number of alkyl halides is 3. The van der Waals surface area contributed by atoms with E-state index in [1.54, 1.807) is 0 Å². The van der Waals surface area contributed by atoms with E-state index in [2.05, 4.69) is 4.90 Å². The molecule has 1 N–H and O–H groups in total. The maximum Gasteiger partial charge on any atom is 0.405 e. The average Bonchev–Trinajstić information content (AvgIpc) is 2.73. The first-order valence-electron chi connectivity index (χ1n) is 8.70. The number of piperidine rings is 1. The number of rotatable bonds is 5. The smallest absolute Gasteiger partial charge is 0.346 e. The lowest BCUT2D eigenvalue weighted by Gasteiger charge is -2.35. The molecule has 7 heteroatoms. The van der Waals surface area contributed by atoms with E-state index in [-0.39, 0.29) is 6.54 Å². The van der Waals surface area contributed by atoms with Crippen molar-refractivity contribution in [2.75, 3.05) is 45.8 Å². The van der Waals surface area contributed by atoms with Crippen LogP contribution in [0.15, 0.2) is 0 Å². The van der Waals surface area contributed by atoms with E-state index in [4.69, 9.17) is 0 Å². The molecule has 23 heavy (non-hydrogen) atoms. The van der Waals surface area contributed by atoms with Gasteiger partial charge in [0.1, 0.15) is 6.54 Å². The number of carbonyl (C=O) groups excluding carboxylic acids is 1. The molecular weight excluding hydrogens is 307 g/mol. The SMILES string of the molecule is O=C(CN1CCC[C@@H](CN2CCCCCC2)C1)NCC(F)(F)F. The first kappa shape index (κ1) is 18.5. The lowest BCUT2D eigenvalue weighted by atomic mass is 9.97. The third-order valence-corrected chi connectivity index (χ3v) is 4.67. The summed E-state index contributed by atoms with van der Waals surface area (Å²) in [4.78, 5) is 16.2. The molecule has 1 amide bonds. The first-order valence-corrected chi connectivity index (χ1v) is 8.70. The molecule has 0 aromatic rings. The standard InChI is InChI=1S/C16H28F3N3O/c17-16(18,19)13-20-15(23)12-22-9-5-6-14(11-22)10-21-7-3-1-2-4-8-21/h14H,1-13H2,(H,20,23)/t14-/m0/s1. The monoisotopic (exact) mass is 335 g/mol. The molecule has 1 atom stereocenters. The van der Waals surface area contributed by atoms with E-state index in [1.807, 2.05) is 10.2 Å². The molecule has 2 aliphatic heterocycles. The molecule has 2 saturated heterocycles. The molecule has 0 aliphatic carbocycles. The minimum Gasteiger partial charge on any atom is -0.346 e. The Balaban J connectivity index is 1.71. The van der Waals surface area contributed by atoms with Crippen LogP contribution in [0.5, 0.6) is 0 Å². The molecule has 134 valence electrons. The van der Waals surface area contributed by atoms with Crippen LogP contribution < -0.4 is 5.32 Å². The van der Waals surface area contributed by atoms with Crippen LogP contribution in [0.25, 0.3) is 0 Å². The van der Waals surface area contributed by atoms with Crippen LogP contribution in [-0.2, 0) is 4.79 Å². The molecule has 2 aliphatic rings. The Morgan fingerprint density at radius 1 is 1.00 bits per heavy atom. The summed E-state index contributed by atoms with van der Waals surface area (Å²) in [6, 6.07) is 0. The molecule has 0 aromatic carbocycles. The quantitative estimate of drug-likeness (QED) is 0.837. The average molecular weight is 335 g/mol. The summed E-state index contributed by atoms with van der Waals surface area (Å²) in [5, 5.41) is 1.96. The summed E-state index contributed by atoms with van der Waals surface area (Å²) in [6.07, 6.45) is 2.97. The fraction of sp³-hybridized carbons (Fsp3) is 0.938. The predicted molar refractivity (Wildman–Crippen MR) is 83.1 cm³/mol. The summed E-state index contributed by atoms with van der Waals surface area (Å²) in [6.45, 7) is 3.82. The van der Waals surface area contributed by atoms with E-state index in [9.17, 15) is 18.0 Å². The number of halogens is 3. The summed E-state index contributed by atoms with van der Waals surface area (Å²) in [7, 11) is 0. The van der Waals surface area contributed by atoms with E-state index in [1.165, 1.54) is 25.7 Å². The summed E-state index contributed by atoms with van der Waals surface area (Å²) < 4.78 is 36.3. The van der Waals surface area contributed by atoms with Crippen LogP contribution in [0.1, 0.15) is 38.5 Å². The van der Waals surface area contributed by atoms with Crippen molar-refractivity contribution in [2.45, 2.75) is 44.7 Å². The second kappa shape index (κ2) is 8.87. The molecule has 2 heterocycles. The number of carbonyl (C=O) groups is 1. The van der Waals surface area contributed by atoms with E-state index < -0.39 is 18.6 Å². The molecule has 4 nitrogen and oxygen atoms in total. The molecular formula is C16H28F3N3O. The zero-order valence-corrected chi connectivity index (χ0v) is 13.7. The van der Waals surface area contributed by atoms with E-state index in [0.29, 0.717) is 5.92 Å². The highest BCUT2D eigenvalue weighted by Gasteiger charge is 2.29. The van der Waals surface area contributed by atoms with Crippen molar-refractivity contribution >= 4 is 5.91 Å². The van der Waals surface area contributed by atoms with Crippen LogP contribution in [0, 0.1) is 5.92 Å². The lowest BCUT2D eigenvalue weighted by molar-refractivity contribution is -0.139. The third kappa shape index (κ3) is 7.52. The van der Waals surface area contributed by atoms with Gasteiger partial charge in [-0.1, -0.05) is 12.8 Å². The van der Waals surface area contributed by atoms with Gasteiger partial charge in [-0.15, -0.1) is 0 Å². The summed E-state index contributed by atoms with van der Waals surface area (Å²) in [5.74, 6) is -0.00462. The van der Waals surface area contributed by atoms with Crippen molar-refractivity contribution in [3.63, 3.8) is 0 Å². The van der Waals surface area contributed by atoms with Crippen LogP contribution in [0.3, 0.4) is 0 Å². The van der Waals surface area contributed by atoms with Crippen molar-refractivity contribution in [2.24, 2.45) is 5.92 Å². The Labute approximate surface area is 136 Å².